The minimum Gasteiger partial charge on any atom is -0.310 e. The van der Waals surface area contributed by atoms with Gasteiger partial charge >= 0.3 is 0 Å². The Morgan fingerprint density at radius 3 is 1.45 bits per heavy atom. The van der Waals surface area contributed by atoms with Crippen LogP contribution in [0.5, 0.6) is 0 Å². The number of anilines is 3. The van der Waals surface area contributed by atoms with E-state index in [2.05, 4.69) is 255 Å². The second kappa shape index (κ2) is 15.4. The molecule has 1 heteroatoms. The molecule has 0 saturated heterocycles. The summed E-state index contributed by atoms with van der Waals surface area (Å²) in [5.41, 5.74) is 20.6. The summed E-state index contributed by atoms with van der Waals surface area (Å²) in [4.78, 5) is 2.45. The van der Waals surface area contributed by atoms with Crippen molar-refractivity contribution in [2.45, 2.75) is 19.3 Å². The Hall–Kier alpha value is -7.74. The van der Waals surface area contributed by atoms with Crippen LogP contribution in [0.4, 0.5) is 17.1 Å². The number of fused-ring (bicyclic) bond motifs is 4. The summed E-state index contributed by atoms with van der Waals surface area (Å²) in [6, 6.07) is 86.6. The minimum atomic E-state index is -0.225. The predicted octanol–water partition coefficient (Wildman–Crippen LogP) is 17.0. The van der Waals surface area contributed by atoms with Crippen LogP contribution in [-0.4, -0.2) is 0 Å². The second-order valence-electron chi connectivity index (χ2n) is 16.9. The molecular formula is C61H45N. The lowest BCUT2D eigenvalue weighted by atomic mass is 9.81. The fraction of sp³-hybridized carbons (Fsp3) is 0.0492. The van der Waals surface area contributed by atoms with Gasteiger partial charge < -0.3 is 4.90 Å². The van der Waals surface area contributed by atoms with Crippen LogP contribution in [0.2, 0.25) is 0 Å². The molecule has 0 unspecified atom stereocenters. The molecule has 1 aliphatic rings. The Balaban J connectivity index is 1.02. The van der Waals surface area contributed by atoms with E-state index in [-0.39, 0.29) is 5.41 Å². The summed E-state index contributed by atoms with van der Waals surface area (Å²) in [6.07, 6.45) is 0. The third-order valence-electron chi connectivity index (χ3n) is 12.9. The molecule has 294 valence electrons. The third kappa shape index (κ3) is 6.60. The van der Waals surface area contributed by atoms with Crippen LogP contribution >= 0.6 is 0 Å². The normalized spacial score (nSPS) is 12.5. The molecule has 0 atom stereocenters. The molecule has 0 spiro atoms. The fourth-order valence-electron chi connectivity index (χ4n) is 9.62. The van der Waals surface area contributed by atoms with Crippen molar-refractivity contribution in [3.8, 4) is 66.8 Å². The highest BCUT2D eigenvalue weighted by molar-refractivity contribution is 5.93. The van der Waals surface area contributed by atoms with Gasteiger partial charge in [0.05, 0.1) is 5.69 Å². The van der Waals surface area contributed by atoms with Gasteiger partial charge in [-0.3, -0.25) is 0 Å². The molecule has 1 aliphatic carbocycles. The van der Waals surface area contributed by atoms with E-state index in [4.69, 9.17) is 0 Å². The second-order valence-corrected chi connectivity index (χ2v) is 16.9. The van der Waals surface area contributed by atoms with E-state index in [0.29, 0.717) is 0 Å². The standard InChI is InChI=1S/C61H45N/c1-61(2)58-40-50(54-22-12-11-21-53(54)46-18-7-4-8-19-46)33-37-56(58)57-38-36-52(41-59(57)61)62(51-34-31-45(32-35-51)49-30-27-43-17-9-10-20-48(43)39-49)60-24-14-13-23-55(60)47-28-25-44(26-29-47)42-15-5-3-6-16-42/h3-41H,1-2H3. The summed E-state index contributed by atoms with van der Waals surface area (Å²) in [5, 5.41) is 2.50. The Kier molecular flexibility index (Phi) is 9.24. The molecule has 0 N–H and O–H groups in total. The van der Waals surface area contributed by atoms with Crippen molar-refractivity contribution in [2.75, 3.05) is 4.90 Å². The maximum Gasteiger partial charge on any atom is 0.0540 e. The van der Waals surface area contributed by atoms with E-state index in [1.54, 1.807) is 0 Å². The van der Waals surface area contributed by atoms with E-state index in [9.17, 15) is 0 Å². The first-order chi connectivity index (χ1) is 30.5. The number of para-hydroxylation sites is 1. The van der Waals surface area contributed by atoms with Crippen LogP contribution in [0, 0.1) is 0 Å². The molecule has 0 fully saturated rings. The monoisotopic (exact) mass is 791 g/mol. The van der Waals surface area contributed by atoms with Crippen molar-refractivity contribution in [3.63, 3.8) is 0 Å². The lowest BCUT2D eigenvalue weighted by Crippen LogP contribution is -2.17. The van der Waals surface area contributed by atoms with Crippen LogP contribution in [0.1, 0.15) is 25.0 Å². The van der Waals surface area contributed by atoms with E-state index in [1.165, 1.54) is 88.7 Å². The zero-order chi connectivity index (χ0) is 41.6. The topological polar surface area (TPSA) is 3.24 Å². The van der Waals surface area contributed by atoms with Crippen molar-refractivity contribution >= 4 is 27.8 Å². The Morgan fingerprint density at radius 1 is 0.274 bits per heavy atom. The van der Waals surface area contributed by atoms with Gasteiger partial charge in [-0.2, -0.15) is 0 Å². The van der Waals surface area contributed by atoms with Gasteiger partial charge in [-0.05, 0) is 126 Å². The fourth-order valence-corrected chi connectivity index (χ4v) is 9.62. The van der Waals surface area contributed by atoms with Crippen LogP contribution in [0.3, 0.4) is 0 Å². The summed E-state index contributed by atoms with van der Waals surface area (Å²) in [7, 11) is 0. The van der Waals surface area contributed by atoms with Gasteiger partial charge in [0.25, 0.3) is 0 Å². The van der Waals surface area contributed by atoms with Gasteiger partial charge in [0.2, 0.25) is 0 Å². The first kappa shape index (κ1) is 37.3. The van der Waals surface area contributed by atoms with Crippen molar-refractivity contribution in [1.29, 1.82) is 0 Å². The first-order valence-electron chi connectivity index (χ1n) is 21.6. The Bertz CT molecular complexity index is 3230. The van der Waals surface area contributed by atoms with Crippen LogP contribution in [-0.2, 0) is 5.41 Å². The van der Waals surface area contributed by atoms with E-state index < -0.39 is 0 Å². The van der Waals surface area contributed by atoms with Crippen LogP contribution in [0.25, 0.3) is 77.5 Å². The van der Waals surface area contributed by atoms with Crippen molar-refractivity contribution in [3.05, 3.63) is 248 Å². The molecule has 10 aromatic rings. The maximum absolute atomic E-state index is 2.45. The van der Waals surface area contributed by atoms with Crippen molar-refractivity contribution in [2.24, 2.45) is 0 Å². The molecule has 0 amide bonds. The highest BCUT2D eigenvalue weighted by Crippen LogP contribution is 2.52. The lowest BCUT2D eigenvalue weighted by molar-refractivity contribution is 0.660. The van der Waals surface area contributed by atoms with Crippen LogP contribution in [0.15, 0.2) is 237 Å². The quantitative estimate of drug-likeness (QED) is 0.148. The number of rotatable bonds is 8. The molecule has 10 aromatic carbocycles. The average molecular weight is 792 g/mol. The number of hydrogen-bond acceptors (Lipinski definition) is 1. The molecule has 1 nitrogen and oxygen atoms in total. The van der Waals surface area contributed by atoms with Gasteiger partial charge in [0, 0.05) is 22.4 Å². The maximum atomic E-state index is 2.45. The number of hydrogen-bond donors (Lipinski definition) is 0. The van der Waals surface area contributed by atoms with Gasteiger partial charge in [0.1, 0.15) is 0 Å². The van der Waals surface area contributed by atoms with E-state index in [1.807, 2.05) is 0 Å². The largest absolute Gasteiger partial charge is 0.310 e. The van der Waals surface area contributed by atoms with Gasteiger partial charge in [-0.25, -0.2) is 0 Å². The molecular weight excluding hydrogens is 747 g/mol. The zero-order valence-corrected chi connectivity index (χ0v) is 35.0. The third-order valence-corrected chi connectivity index (χ3v) is 12.9. The highest BCUT2D eigenvalue weighted by Gasteiger charge is 2.36. The molecule has 0 aromatic heterocycles. The summed E-state index contributed by atoms with van der Waals surface area (Å²) >= 11 is 0. The SMILES string of the molecule is CC1(C)c2cc(-c3ccccc3-c3ccccc3)ccc2-c2ccc(N(c3ccc(-c4ccc5ccccc5c4)cc3)c3ccccc3-c3ccc(-c4ccccc4)cc3)cc21. The summed E-state index contributed by atoms with van der Waals surface area (Å²) < 4.78 is 0. The lowest BCUT2D eigenvalue weighted by Gasteiger charge is -2.30. The van der Waals surface area contributed by atoms with E-state index in [0.717, 1.165) is 17.1 Å². The van der Waals surface area contributed by atoms with E-state index >= 15 is 0 Å². The Labute approximate surface area is 364 Å². The minimum absolute atomic E-state index is 0.225. The van der Waals surface area contributed by atoms with Crippen molar-refractivity contribution in [1.82, 2.24) is 0 Å². The number of benzene rings is 10. The first-order valence-corrected chi connectivity index (χ1v) is 21.6. The molecule has 0 aliphatic heterocycles. The summed E-state index contributed by atoms with van der Waals surface area (Å²) in [5.74, 6) is 0. The Morgan fingerprint density at radius 2 is 0.726 bits per heavy atom. The average Bonchev–Trinajstić information content (AvgIpc) is 3.57. The predicted molar refractivity (Wildman–Crippen MR) is 263 cm³/mol. The van der Waals surface area contributed by atoms with Crippen LogP contribution < -0.4 is 4.90 Å². The molecule has 11 rings (SSSR count). The zero-order valence-electron chi connectivity index (χ0n) is 35.0. The number of nitrogens with zero attached hydrogens (tertiary/aromatic N) is 1. The van der Waals surface area contributed by atoms with Crippen molar-refractivity contribution < 1.29 is 0 Å². The van der Waals surface area contributed by atoms with Gasteiger partial charge in [-0.15, -0.1) is 0 Å². The molecule has 0 heterocycles. The molecule has 0 bridgehead atoms. The molecule has 0 radical (unpaired) electrons. The van der Waals surface area contributed by atoms with Gasteiger partial charge in [0.15, 0.2) is 0 Å². The highest BCUT2D eigenvalue weighted by atomic mass is 15.1. The van der Waals surface area contributed by atoms with Gasteiger partial charge in [-0.1, -0.05) is 208 Å². The molecule has 62 heavy (non-hydrogen) atoms. The summed E-state index contributed by atoms with van der Waals surface area (Å²) in [6.45, 7) is 4.78. The molecule has 0 saturated carbocycles. The smallest absolute Gasteiger partial charge is 0.0540 e.